The van der Waals surface area contributed by atoms with E-state index in [9.17, 15) is 4.79 Å². The third-order valence-corrected chi connectivity index (χ3v) is 2.69. The van der Waals surface area contributed by atoms with E-state index in [-0.39, 0.29) is 11.8 Å². The first-order valence-electron chi connectivity index (χ1n) is 5.40. The highest BCUT2D eigenvalue weighted by molar-refractivity contribution is 5.76. The lowest BCUT2D eigenvalue weighted by Crippen LogP contribution is -2.41. The Bertz CT molecular complexity index is 200. The standard InChI is InChI=1S/C11H22N2O/c1-11(2,3)8-13-6-4-9(5-7-13)10(12)14/h9H,4-8H2,1-3H3,(H2,12,14). The van der Waals surface area contributed by atoms with Gasteiger partial charge in [0.2, 0.25) is 5.91 Å². The second kappa shape index (κ2) is 4.30. The minimum Gasteiger partial charge on any atom is -0.369 e. The van der Waals surface area contributed by atoms with Crippen LogP contribution in [0.3, 0.4) is 0 Å². The summed E-state index contributed by atoms with van der Waals surface area (Å²) in [4.78, 5) is 13.4. The zero-order valence-electron chi connectivity index (χ0n) is 9.55. The van der Waals surface area contributed by atoms with Crippen molar-refractivity contribution in [2.75, 3.05) is 19.6 Å². The molecule has 1 saturated heterocycles. The number of rotatable bonds is 2. The molecule has 3 nitrogen and oxygen atoms in total. The first kappa shape index (κ1) is 11.5. The average Bonchev–Trinajstić information content (AvgIpc) is 2.02. The highest BCUT2D eigenvalue weighted by Crippen LogP contribution is 2.21. The van der Waals surface area contributed by atoms with Crippen LogP contribution in [0.15, 0.2) is 0 Å². The summed E-state index contributed by atoms with van der Waals surface area (Å²) in [7, 11) is 0. The Morgan fingerprint density at radius 1 is 1.36 bits per heavy atom. The number of piperidine rings is 1. The Morgan fingerprint density at radius 3 is 2.21 bits per heavy atom. The van der Waals surface area contributed by atoms with Gasteiger partial charge in [-0.1, -0.05) is 20.8 Å². The predicted molar refractivity (Wildman–Crippen MR) is 57.8 cm³/mol. The molecule has 0 aromatic carbocycles. The minimum absolute atomic E-state index is 0.117. The van der Waals surface area contributed by atoms with Crippen LogP contribution in [0.25, 0.3) is 0 Å². The van der Waals surface area contributed by atoms with Gasteiger partial charge in [0.15, 0.2) is 0 Å². The van der Waals surface area contributed by atoms with E-state index < -0.39 is 0 Å². The van der Waals surface area contributed by atoms with Crippen molar-refractivity contribution in [1.29, 1.82) is 0 Å². The number of nitrogens with zero attached hydrogens (tertiary/aromatic N) is 1. The van der Waals surface area contributed by atoms with Gasteiger partial charge in [-0.2, -0.15) is 0 Å². The summed E-state index contributed by atoms with van der Waals surface area (Å²) < 4.78 is 0. The van der Waals surface area contributed by atoms with Crippen molar-refractivity contribution >= 4 is 5.91 Å². The Balaban J connectivity index is 2.33. The quantitative estimate of drug-likeness (QED) is 0.725. The Hall–Kier alpha value is -0.570. The van der Waals surface area contributed by atoms with Crippen molar-refractivity contribution in [1.82, 2.24) is 4.90 Å². The Morgan fingerprint density at radius 2 is 1.86 bits per heavy atom. The maximum atomic E-state index is 10.9. The van der Waals surface area contributed by atoms with E-state index in [1.807, 2.05) is 0 Å². The van der Waals surface area contributed by atoms with Crippen molar-refractivity contribution in [2.24, 2.45) is 17.1 Å². The second-order valence-corrected chi connectivity index (χ2v) is 5.51. The maximum Gasteiger partial charge on any atom is 0.220 e. The van der Waals surface area contributed by atoms with Crippen molar-refractivity contribution in [2.45, 2.75) is 33.6 Å². The zero-order chi connectivity index (χ0) is 10.8. The fourth-order valence-electron chi connectivity index (χ4n) is 2.05. The smallest absolute Gasteiger partial charge is 0.220 e. The van der Waals surface area contributed by atoms with E-state index in [1.165, 1.54) is 0 Å². The number of carbonyl (C=O) groups excluding carboxylic acids is 1. The number of amides is 1. The minimum atomic E-state index is -0.125. The molecule has 3 heteroatoms. The monoisotopic (exact) mass is 198 g/mol. The summed E-state index contributed by atoms with van der Waals surface area (Å²) in [6.07, 6.45) is 1.87. The van der Waals surface area contributed by atoms with Crippen LogP contribution in [0, 0.1) is 11.3 Å². The topological polar surface area (TPSA) is 46.3 Å². The fourth-order valence-corrected chi connectivity index (χ4v) is 2.05. The zero-order valence-corrected chi connectivity index (χ0v) is 9.55. The molecule has 0 aromatic heterocycles. The van der Waals surface area contributed by atoms with Crippen molar-refractivity contribution < 1.29 is 4.79 Å². The van der Waals surface area contributed by atoms with Crippen LogP contribution in [0.2, 0.25) is 0 Å². The average molecular weight is 198 g/mol. The van der Waals surface area contributed by atoms with Crippen molar-refractivity contribution in [3.05, 3.63) is 0 Å². The second-order valence-electron chi connectivity index (χ2n) is 5.51. The predicted octanol–water partition coefficient (Wildman–Crippen LogP) is 1.23. The molecule has 0 saturated carbocycles. The molecule has 1 heterocycles. The number of hydrogen-bond donors (Lipinski definition) is 1. The lowest BCUT2D eigenvalue weighted by Gasteiger charge is -2.34. The summed E-state index contributed by atoms with van der Waals surface area (Å²) in [6, 6.07) is 0. The third-order valence-electron chi connectivity index (χ3n) is 2.69. The molecule has 2 N–H and O–H groups in total. The molecule has 0 spiro atoms. The van der Waals surface area contributed by atoms with E-state index >= 15 is 0 Å². The van der Waals surface area contributed by atoms with Crippen molar-refractivity contribution in [3.63, 3.8) is 0 Å². The molecule has 1 aliphatic heterocycles. The SMILES string of the molecule is CC(C)(C)CN1CCC(C(N)=O)CC1. The highest BCUT2D eigenvalue weighted by Gasteiger charge is 2.25. The molecule has 0 aromatic rings. The maximum absolute atomic E-state index is 10.9. The van der Waals surface area contributed by atoms with Crippen molar-refractivity contribution in [3.8, 4) is 0 Å². The molecule has 1 amide bonds. The number of primary amides is 1. The van der Waals surface area contributed by atoms with Gasteiger partial charge >= 0.3 is 0 Å². The molecular weight excluding hydrogens is 176 g/mol. The molecule has 1 fully saturated rings. The lowest BCUT2D eigenvalue weighted by molar-refractivity contribution is -0.123. The molecule has 1 rings (SSSR count). The van der Waals surface area contributed by atoms with Crippen LogP contribution >= 0.6 is 0 Å². The molecule has 1 aliphatic rings. The summed E-state index contributed by atoms with van der Waals surface area (Å²) in [5.41, 5.74) is 5.63. The van der Waals surface area contributed by atoms with E-state index in [0.717, 1.165) is 32.5 Å². The van der Waals surface area contributed by atoms with Gasteiger partial charge in [-0.15, -0.1) is 0 Å². The van der Waals surface area contributed by atoms with Gasteiger partial charge in [-0.05, 0) is 31.3 Å². The third kappa shape index (κ3) is 3.66. The molecule has 0 unspecified atom stereocenters. The van der Waals surface area contributed by atoms with Gasteiger partial charge in [0.25, 0.3) is 0 Å². The van der Waals surface area contributed by atoms with Gasteiger partial charge in [-0.3, -0.25) is 4.79 Å². The number of hydrogen-bond acceptors (Lipinski definition) is 2. The van der Waals surface area contributed by atoms with Gasteiger partial charge in [0, 0.05) is 12.5 Å². The molecule has 14 heavy (non-hydrogen) atoms. The summed E-state index contributed by atoms with van der Waals surface area (Å²) in [5, 5.41) is 0. The normalized spacial score (nSPS) is 21.1. The largest absolute Gasteiger partial charge is 0.369 e. The first-order chi connectivity index (χ1) is 6.38. The van der Waals surface area contributed by atoms with Gasteiger partial charge in [0.1, 0.15) is 0 Å². The molecule has 0 radical (unpaired) electrons. The molecule has 82 valence electrons. The first-order valence-corrected chi connectivity index (χ1v) is 5.40. The molecule has 0 atom stereocenters. The van der Waals surface area contributed by atoms with Gasteiger partial charge in [-0.25, -0.2) is 0 Å². The fraction of sp³-hybridized carbons (Fsp3) is 0.909. The van der Waals surface area contributed by atoms with E-state index in [0.29, 0.717) is 5.41 Å². The molecule has 0 aliphatic carbocycles. The molecule has 0 bridgehead atoms. The van der Waals surface area contributed by atoms with Gasteiger partial charge in [0.05, 0.1) is 0 Å². The van der Waals surface area contributed by atoms with Crippen LogP contribution in [-0.4, -0.2) is 30.4 Å². The summed E-state index contributed by atoms with van der Waals surface area (Å²) >= 11 is 0. The van der Waals surface area contributed by atoms with Crippen LogP contribution in [-0.2, 0) is 4.79 Å². The van der Waals surface area contributed by atoms with E-state index in [2.05, 4.69) is 25.7 Å². The Labute approximate surface area is 86.6 Å². The van der Waals surface area contributed by atoms with Crippen LogP contribution in [0.5, 0.6) is 0 Å². The van der Waals surface area contributed by atoms with Gasteiger partial charge < -0.3 is 10.6 Å². The van der Waals surface area contributed by atoms with Crippen LogP contribution in [0.4, 0.5) is 0 Å². The van der Waals surface area contributed by atoms with E-state index in [4.69, 9.17) is 5.73 Å². The molecular formula is C11H22N2O. The number of carbonyl (C=O) groups is 1. The highest BCUT2D eigenvalue weighted by atomic mass is 16.1. The lowest BCUT2D eigenvalue weighted by atomic mass is 9.92. The van der Waals surface area contributed by atoms with Crippen LogP contribution in [0.1, 0.15) is 33.6 Å². The summed E-state index contributed by atoms with van der Waals surface area (Å²) in [5.74, 6) is -0.00775. The van der Waals surface area contributed by atoms with E-state index in [1.54, 1.807) is 0 Å². The Kier molecular flexibility index (Phi) is 3.53. The van der Waals surface area contributed by atoms with Crippen LogP contribution < -0.4 is 5.73 Å². The number of likely N-dealkylation sites (tertiary alicyclic amines) is 1. The summed E-state index contributed by atoms with van der Waals surface area (Å²) in [6.45, 7) is 9.88. The number of nitrogens with two attached hydrogens (primary N) is 1.